The van der Waals surface area contributed by atoms with Gasteiger partial charge in [-0.05, 0) is 31.6 Å². The van der Waals surface area contributed by atoms with Crippen molar-refractivity contribution in [3.8, 4) is 0 Å². The molecule has 2 rings (SSSR count). The monoisotopic (exact) mass is 311 g/mol. The SMILES string of the molecule is CC(C)C[C@@H](NC(=O)CNC(=O)[C@@H]1CCN1C1CC1)B(O)O. The minimum Gasteiger partial charge on any atom is -0.426 e. The van der Waals surface area contributed by atoms with E-state index in [9.17, 15) is 19.6 Å². The molecule has 0 bridgehead atoms. The third-order valence-corrected chi connectivity index (χ3v) is 4.23. The lowest BCUT2D eigenvalue weighted by Crippen LogP contribution is -2.58. The molecular weight excluding hydrogens is 285 g/mol. The van der Waals surface area contributed by atoms with Crippen molar-refractivity contribution in [1.29, 1.82) is 0 Å². The smallest absolute Gasteiger partial charge is 0.426 e. The Balaban J connectivity index is 1.71. The molecule has 1 saturated carbocycles. The number of nitrogens with one attached hydrogen (secondary N) is 2. The molecule has 22 heavy (non-hydrogen) atoms. The largest absolute Gasteiger partial charge is 0.475 e. The zero-order valence-electron chi connectivity index (χ0n) is 13.3. The van der Waals surface area contributed by atoms with Gasteiger partial charge in [0.1, 0.15) is 0 Å². The summed E-state index contributed by atoms with van der Waals surface area (Å²) in [5.74, 6) is -0.998. The number of nitrogens with zero attached hydrogens (tertiary/aromatic N) is 1. The van der Waals surface area contributed by atoms with Gasteiger partial charge in [0, 0.05) is 12.6 Å². The molecule has 2 fully saturated rings. The number of hydrogen-bond donors (Lipinski definition) is 4. The first-order chi connectivity index (χ1) is 10.4. The van der Waals surface area contributed by atoms with Crippen molar-refractivity contribution in [3.63, 3.8) is 0 Å². The predicted octanol–water partition coefficient (Wildman–Crippen LogP) is -1.12. The molecule has 1 aliphatic carbocycles. The molecular formula is C14H26BN3O4. The fourth-order valence-electron chi connectivity index (χ4n) is 2.84. The third-order valence-electron chi connectivity index (χ3n) is 4.23. The van der Waals surface area contributed by atoms with Crippen LogP contribution < -0.4 is 10.6 Å². The summed E-state index contributed by atoms with van der Waals surface area (Å²) in [6.45, 7) is 4.70. The van der Waals surface area contributed by atoms with Crippen LogP contribution in [0.15, 0.2) is 0 Å². The van der Waals surface area contributed by atoms with Crippen molar-refractivity contribution in [2.24, 2.45) is 5.92 Å². The molecule has 124 valence electrons. The topological polar surface area (TPSA) is 102 Å². The van der Waals surface area contributed by atoms with Crippen LogP contribution in [0.1, 0.15) is 39.5 Å². The Bertz CT molecular complexity index is 415. The van der Waals surface area contributed by atoms with Crippen molar-refractivity contribution in [2.45, 2.75) is 57.6 Å². The van der Waals surface area contributed by atoms with Crippen LogP contribution >= 0.6 is 0 Å². The van der Waals surface area contributed by atoms with Crippen molar-refractivity contribution < 1.29 is 19.6 Å². The lowest BCUT2D eigenvalue weighted by Gasteiger charge is -2.39. The van der Waals surface area contributed by atoms with Gasteiger partial charge in [-0.2, -0.15) is 0 Å². The van der Waals surface area contributed by atoms with Gasteiger partial charge in [-0.15, -0.1) is 0 Å². The molecule has 4 N–H and O–H groups in total. The van der Waals surface area contributed by atoms with Crippen molar-refractivity contribution in [3.05, 3.63) is 0 Å². The van der Waals surface area contributed by atoms with Gasteiger partial charge in [-0.3, -0.25) is 14.5 Å². The maximum atomic E-state index is 12.0. The second-order valence-electron chi connectivity index (χ2n) is 6.71. The summed E-state index contributed by atoms with van der Waals surface area (Å²) in [5.41, 5.74) is 0. The molecule has 0 aromatic heterocycles. The van der Waals surface area contributed by atoms with Crippen LogP contribution in [0.4, 0.5) is 0 Å². The van der Waals surface area contributed by atoms with Crippen LogP contribution in [0.5, 0.6) is 0 Å². The van der Waals surface area contributed by atoms with Crippen LogP contribution in [-0.2, 0) is 9.59 Å². The fourth-order valence-corrected chi connectivity index (χ4v) is 2.84. The zero-order valence-corrected chi connectivity index (χ0v) is 13.3. The summed E-state index contributed by atoms with van der Waals surface area (Å²) in [6.07, 6.45) is 3.63. The van der Waals surface area contributed by atoms with Crippen LogP contribution in [0.2, 0.25) is 0 Å². The van der Waals surface area contributed by atoms with E-state index in [1.807, 2.05) is 13.8 Å². The Hall–Kier alpha value is -1.12. The van der Waals surface area contributed by atoms with Crippen LogP contribution in [0, 0.1) is 5.92 Å². The predicted molar refractivity (Wildman–Crippen MR) is 82.7 cm³/mol. The van der Waals surface area contributed by atoms with E-state index in [4.69, 9.17) is 0 Å². The van der Waals surface area contributed by atoms with Gasteiger partial charge in [0.2, 0.25) is 11.8 Å². The minimum atomic E-state index is -1.60. The Morgan fingerprint density at radius 2 is 1.95 bits per heavy atom. The number of hydrogen-bond acceptors (Lipinski definition) is 5. The second kappa shape index (κ2) is 7.43. The summed E-state index contributed by atoms with van der Waals surface area (Å²) in [7, 11) is -1.60. The molecule has 0 unspecified atom stereocenters. The van der Waals surface area contributed by atoms with Gasteiger partial charge in [-0.1, -0.05) is 13.8 Å². The van der Waals surface area contributed by atoms with E-state index < -0.39 is 19.0 Å². The third kappa shape index (κ3) is 4.69. The highest BCUT2D eigenvalue weighted by atomic mass is 16.4. The number of likely N-dealkylation sites (tertiary alicyclic amines) is 1. The summed E-state index contributed by atoms with van der Waals surface area (Å²) in [4.78, 5) is 26.1. The Morgan fingerprint density at radius 1 is 1.27 bits per heavy atom. The number of carbonyl (C=O) groups excluding carboxylic acids is 2. The van der Waals surface area contributed by atoms with Gasteiger partial charge in [0.25, 0.3) is 0 Å². The molecule has 7 nitrogen and oxygen atoms in total. The summed E-state index contributed by atoms with van der Waals surface area (Å²) >= 11 is 0. The molecule has 0 aromatic carbocycles. The van der Waals surface area contributed by atoms with Gasteiger partial charge in [0.05, 0.1) is 18.5 Å². The molecule has 1 heterocycles. The summed E-state index contributed by atoms with van der Waals surface area (Å²) < 4.78 is 0. The highest BCUT2D eigenvalue weighted by Crippen LogP contribution is 2.34. The van der Waals surface area contributed by atoms with Crippen LogP contribution in [0.25, 0.3) is 0 Å². The molecule has 2 atom stereocenters. The Morgan fingerprint density at radius 3 is 2.41 bits per heavy atom. The highest BCUT2D eigenvalue weighted by molar-refractivity contribution is 6.43. The highest BCUT2D eigenvalue weighted by Gasteiger charge is 2.42. The van der Waals surface area contributed by atoms with E-state index >= 15 is 0 Å². The zero-order chi connectivity index (χ0) is 16.3. The fraction of sp³-hybridized carbons (Fsp3) is 0.857. The van der Waals surface area contributed by atoms with E-state index in [0.29, 0.717) is 12.5 Å². The molecule has 2 amide bonds. The first-order valence-corrected chi connectivity index (χ1v) is 8.07. The molecule has 1 aliphatic heterocycles. The second-order valence-corrected chi connectivity index (χ2v) is 6.71. The lowest BCUT2D eigenvalue weighted by molar-refractivity contribution is -0.133. The van der Waals surface area contributed by atoms with Crippen molar-refractivity contribution in [2.75, 3.05) is 13.1 Å². The average Bonchev–Trinajstić information content (AvgIpc) is 3.18. The van der Waals surface area contributed by atoms with E-state index in [1.54, 1.807) is 0 Å². The van der Waals surface area contributed by atoms with Gasteiger partial charge in [0.15, 0.2) is 0 Å². The van der Waals surface area contributed by atoms with E-state index in [0.717, 1.165) is 25.8 Å². The van der Waals surface area contributed by atoms with Crippen molar-refractivity contribution in [1.82, 2.24) is 15.5 Å². The molecule has 0 aromatic rings. The maximum absolute atomic E-state index is 12.0. The van der Waals surface area contributed by atoms with Gasteiger partial charge in [-0.25, -0.2) is 0 Å². The van der Waals surface area contributed by atoms with E-state index in [1.165, 1.54) is 0 Å². The normalized spacial score (nSPS) is 22.9. The summed E-state index contributed by atoms with van der Waals surface area (Å²) in [6, 6.07) is 0.452. The number of carbonyl (C=O) groups is 2. The standard InChI is InChI=1S/C14H26BN3O4/c1-9(2)7-12(15(21)22)17-13(19)8-16-14(20)11-5-6-18(11)10-3-4-10/h9-12,21-22H,3-8H2,1-2H3,(H,16,20)(H,17,19)/t11-,12+/m0/s1. The molecule has 1 saturated heterocycles. The van der Waals surface area contributed by atoms with Crippen LogP contribution in [0.3, 0.4) is 0 Å². The van der Waals surface area contributed by atoms with Crippen molar-refractivity contribution >= 4 is 18.9 Å². The lowest BCUT2D eigenvalue weighted by atomic mass is 9.75. The first kappa shape index (κ1) is 17.2. The Labute approximate surface area is 131 Å². The molecule has 2 aliphatic rings. The number of rotatable bonds is 8. The maximum Gasteiger partial charge on any atom is 0.475 e. The summed E-state index contributed by atoms with van der Waals surface area (Å²) in [5, 5.41) is 23.7. The number of amides is 2. The minimum absolute atomic E-state index is 0.102. The Kier molecular flexibility index (Phi) is 5.83. The van der Waals surface area contributed by atoms with E-state index in [-0.39, 0.29) is 24.4 Å². The molecule has 8 heteroatoms. The molecule has 0 radical (unpaired) electrons. The van der Waals surface area contributed by atoms with E-state index in [2.05, 4.69) is 15.5 Å². The van der Waals surface area contributed by atoms with Gasteiger partial charge >= 0.3 is 7.12 Å². The average molecular weight is 311 g/mol. The van der Waals surface area contributed by atoms with Crippen LogP contribution in [-0.4, -0.2) is 65.0 Å². The molecule has 0 spiro atoms. The first-order valence-electron chi connectivity index (χ1n) is 8.07. The van der Waals surface area contributed by atoms with Gasteiger partial charge < -0.3 is 20.7 Å². The quantitative estimate of drug-likeness (QED) is 0.426.